The maximum atomic E-state index is 12.3. The van der Waals surface area contributed by atoms with Crippen LogP contribution in [0, 0.1) is 0 Å². The first-order valence-electron chi connectivity index (χ1n) is 5.23. The van der Waals surface area contributed by atoms with Gasteiger partial charge in [0.15, 0.2) is 0 Å². The quantitative estimate of drug-likeness (QED) is 0.788. The predicted octanol–water partition coefficient (Wildman–Crippen LogP) is 0.174. The van der Waals surface area contributed by atoms with Crippen LogP contribution in [0.5, 0.6) is 0 Å². The molecule has 18 heavy (non-hydrogen) atoms. The molecule has 0 bridgehead atoms. The third-order valence-corrected chi connectivity index (χ3v) is 4.75. The first kappa shape index (κ1) is 13.8. The number of ether oxygens (including phenoxy) is 1. The van der Waals surface area contributed by atoms with Crippen LogP contribution in [0.2, 0.25) is 5.02 Å². The van der Waals surface area contributed by atoms with E-state index in [9.17, 15) is 13.5 Å². The highest BCUT2D eigenvalue weighted by Crippen LogP contribution is 2.23. The van der Waals surface area contributed by atoms with Crippen molar-refractivity contribution >= 4 is 29.5 Å². The van der Waals surface area contributed by atoms with Crippen LogP contribution >= 0.6 is 11.6 Å². The summed E-state index contributed by atoms with van der Waals surface area (Å²) in [4.78, 5) is 0.0308. The fourth-order valence-electron chi connectivity index (χ4n) is 1.73. The lowest BCUT2D eigenvalue weighted by molar-refractivity contribution is -0.0765. The second-order valence-corrected chi connectivity index (χ2v) is 6.15. The minimum Gasteiger partial charge on any atom is -0.376 e. The van der Waals surface area contributed by atoms with Gasteiger partial charge in [0, 0.05) is 11.0 Å². The number of hydrogen-bond acceptors (Lipinski definition) is 4. The molecule has 1 aliphatic heterocycles. The van der Waals surface area contributed by atoms with E-state index < -0.39 is 22.2 Å². The zero-order valence-electron chi connectivity index (χ0n) is 9.36. The maximum absolute atomic E-state index is 12.3. The van der Waals surface area contributed by atoms with Gasteiger partial charge in [-0.15, -0.1) is 0 Å². The third-order valence-electron chi connectivity index (χ3n) is 2.57. The minimum atomic E-state index is -3.86. The van der Waals surface area contributed by atoms with E-state index in [1.807, 2.05) is 0 Å². The molecule has 0 unspecified atom stereocenters. The molecule has 2 atom stereocenters. The summed E-state index contributed by atoms with van der Waals surface area (Å²) in [6, 6.07) is 5.67. The van der Waals surface area contributed by atoms with Crippen molar-refractivity contribution < 1.29 is 18.3 Å². The molecule has 0 aromatic heterocycles. The van der Waals surface area contributed by atoms with Crippen LogP contribution in [0.25, 0.3) is 0 Å². The first-order valence-corrected chi connectivity index (χ1v) is 7.05. The average molecular weight is 288 g/mol. The molecule has 2 rings (SSSR count). The smallest absolute Gasteiger partial charge is 0.244 e. The van der Waals surface area contributed by atoms with E-state index >= 15 is 0 Å². The molecule has 5 nitrogen and oxygen atoms in total. The summed E-state index contributed by atoms with van der Waals surface area (Å²) in [6.45, 7) is -0.0512. The van der Waals surface area contributed by atoms with Crippen LogP contribution in [-0.4, -0.2) is 51.1 Å². The Balaban J connectivity index is 2.38. The number of benzene rings is 1. The van der Waals surface area contributed by atoms with E-state index in [1.54, 1.807) is 0 Å². The van der Waals surface area contributed by atoms with Crippen LogP contribution in [0.1, 0.15) is 0 Å². The molecule has 96 valence electrons. The van der Waals surface area contributed by atoms with Crippen LogP contribution < -0.4 is 0 Å². The minimum absolute atomic E-state index is 0.0308. The van der Waals surface area contributed by atoms with Gasteiger partial charge in [-0.3, -0.25) is 0 Å². The van der Waals surface area contributed by atoms with Crippen molar-refractivity contribution in [2.45, 2.75) is 17.1 Å². The predicted molar refractivity (Wildman–Crippen MR) is 66.8 cm³/mol. The molecule has 1 fully saturated rings. The van der Waals surface area contributed by atoms with E-state index in [0.29, 0.717) is 5.02 Å². The number of morpholine rings is 1. The molecule has 8 heteroatoms. The van der Waals surface area contributed by atoms with Gasteiger partial charge in [0.25, 0.3) is 0 Å². The number of aliphatic hydroxyl groups excluding tert-OH is 1. The Morgan fingerprint density at radius 1 is 1.33 bits per heavy atom. The van der Waals surface area contributed by atoms with Gasteiger partial charge < -0.3 is 9.84 Å². The number of rotatable bonds is 2. The molecule has 0 aliphatic carbocycles. The zero-order valence-corrected chi connectivity index (χ0v) is 10.9. The van der Waals surface area contributed by atoms with Crippen LogP contribution in [0.4, 0.5) is 0 Å². The standard InChI is InChI=1S/C10H11BClNO4S/c11-9-5-17-6-10(14)13(9)18(15,16)8-3-1-7(12)2-4-8/h1-4,9-10,14H,5-6H2/t9-,10-/m1/s1. The maximum Gasteiger partial charge on any atom is 0.244 e. The summed E-state index contributed by atoms with van der Waals surface area (Å²) in [6.07, 6.45) is -1.28. The van der Waals surface area contributed by atoms with Gasteiger partial charge in [-0.2, -0.15) is 4.31 Å². The molecule has 1 N–H and O–H groups in total. The Morgan fingerprint density at radius 3 is 2.50 bits per heavy atom. The first-order chi connectivity index (χ1) is 8.43. The van der Waals surface area contributed by atoms with E-state index in [-0.39, 0.29) is 18.1 Å². The summed E-state index contributed by atoms with van der Waals surface area (Å²) < 4.78 is 30.4. The van der Waals surface area contributed by atoms with E-state index in [0.717, 1.165) is 4.31 Å². The van der Waals surface area contributed by atoms with Crippen molar-refractivity contribution in [2.75, 3.05) is 13.2 Å². The Kier molecular flexibility index (Phi) is 3.98. The Bertz CT molecular complexity index is 511. The van der Waals surface area contributed by atoms with E-state index in [4.69, 9.17) is 24.2 Å². The van der Waals surface area contributed by atoms with Crippen molar-refractivity contribution in [3.8, 4) is 0 Å². The molecule has 1 heterocycles. The molecule has 1 aliphatic rings. The van der Waals surface area contributed by atoms with Gasteiger partial charge in [0.2, 0.25) is 10.0 Å². The topological polar surface area (TPSA) is 66.8 Å². The zero-order chi connectivity index (χ0) is 13.3. The molecular formula is C10H11BClNO4S. The molecule has 0 amide bonds. The van der Waals surface area contributed by atoms with Crippen LogP contribution in [-0.2, 0) is 14.8 Å². The average Bonchev–Trinajstić information content (AvgIpc) is 2.29. The van der Waals surface area contributed by atoms with E-state index in [1.165, 1.54) is 24.3 Å². The van der Waals surface area contributed by atoms with Gasteiger partial charge in [0.1, 0.15) is 6.23 Å². The molecule has 1 aromatic rings. The lowest BCUT2D eigenvalue weighted by atomic mass is 9.97. The normalized spacial score (nSPS) is 26.1. The highest BCUT2D eigenvalue weighted by molar-refractivity contribution is 7.89. The van der Waals surface area contributed by atoms with Crippen LogP contribution in [0.3, 0.4) is 0 Å². The molecule has 0 spiro atoms. The van der Waals surface area contributed by atoms with E-state index in [2.05, 4.69) is 0 Å². The lowest BCUT2D eigenvalue weighted by Gasteiger charge is -2.36. The summed E-state index contributed by atoms with van der Waals surface area (Å²) in [5.41, 5.74) is 0. The number of aliphatic hydroxyl groups is 1. The summed E-state index contributed by atoms with van der Waals surface area (Å²) in [7, 11) is 1.80. The Hall–Kier alpha value is -0.595. The van der Waals surface area contributed by atoms with Gasteiger partial charge in [-0.25, -0.2) is 8.42 Å². The van der Waals surface area contributed by atoms with Gasteiger partial charge in [-0.05, 0) is 24.3 Å². The fourth-order valence-corrected chi connectivity index (χ4v) is 3.38. The van der Waals surface area contributed by atoms with Crippen molar-refractivity contribution in [1.82, 2.24) is 4.31 Å². The van der Waals surface area contributed by atoms with Gasteiger partial charge in [0.05, 0.1) is 26.0 Å². The number of halogens is 1. The highest BCUT2D eigenvalue weighted by Gasteiger charge is 2.37. The van der Waals surface area contributed by atoms with Crippen molar-refractivity contribution in [1.29, 1.82) is 0 Å². The number of nitrogens with zero attached hydrogens (tertiary/aromatic N) is 1. The van der Waals surface area contributed by atoms with Crippen molar-refractivity contribution in [3.63, 3.8) is 0 Å². The van der Waals surface area contributed by atoms with Crippen molar-refractivity contribution in [2.24, 2.45) is 0 Å². The monoisotopic (exact) mass is 287 g/mol. The van der Waals surface area contributed by atoms with Crippen molar-refractivity contribution in [3.05, 3.63) is 29.3 Å². The Labute approximate surface area is 112 Å². The molecule has 1 aromatic carbocycles. The van der Waals surface area contributed by atoms with Gasteiger partial charge in [-0.1, -0.05) is 11.6 Å². The highest BCUT2D eigenvalue weighted by atomic mass is 35.5. The molecule has 0 saturated carbocycles. The summed E-state index contributed by atoms with van der Waals surface area (Å²) in [5, 5.41) is 10.1. The second-order valence-electron chi connectivity index (χ2n) is 3.87. The molecule has 2 radical (unpaired) electrons. The summed E-state index contributed by atoms with van der Waals surface area (Å²) >= 11 is 5.70. The third kappa shape index (κ3) is 2.55. The summed E-state index contributed by atoms with van der Waals surface area (Å²) in [5.74, 6) is -0.908. The van der Waals surface area contributed by atoms with Gasteiger partial charge >= 0.3 is 0 Å². The van der Waals surface area contributed by atoms with Crippen LogP contribution in [0.15, 0.2) is 29.2 Å². The largest absolute Gasteiger partial charge is 0.376 e. The number of hydrogen-bond donors (Lipinski definition) is 1. The molecule has 1 saturated heterocycles. The SMILES string of the molecule is [B][C@H]1COC[C@@H](O)N1S(=O)(=O)c1ccc(Cl)cc1. The lowest BCUT2D eigenvalue weighted by Crippen LogP contribution is -2.55. The molecular weight excluding hydrogens is 276 g/mol. The fraction of sp³-hybridized carbons (Fsp3) is 0.400. The second kappa shape index (κ2) is 5.18. The number of sulfonamides is 1. The Morgan fingerprint density at radius 2 is 1.94 bits per heavy atom.